The molecule has 1 amide bonds. The number of carbonyl (C=O) groups excluding carboxylic acids is 1. The Bertz CT molecular complexity index is 909. The predicted molar refractivity (Wildman–Crippen MR) is 131 cm³/mol. The van der Waals surface area contributed by atoms with Crippen LogP contribution in [0.5, 0.6) is 11.5 Å². The summed E-state index contributed by atoms with van der Waals surface area (Å²) in [5.41, 5.74) is 1.46. The second-order valence-electron chi connectivity index (χ2n) is 8.28. The van der Waals surface area contributed by atoms with Crippen molar-refractivity contribution < 1.29 is 19.0 Å². The molecule has 0 aliphatic carbocycles. The molecule has 1 N–H and O–H groups in total. The summed E-state index contributed by atoms with van der Waals surface area (Å²) in [5.74, 6) is 1.40. The first-order valence-electron chi connectivity index (χ1n) is 11.6. The van der Waals surface area contributed by atoms with E-state index in [2.05, 4.69) is 24.1 Å². The van der Waals surface area contributed by atoms with E-state index in [0.717, 1.165) is 24.2 Å². The number of hydrogen-bond donors (Lipinski definition) is 1. The van der Waals surface area contributed by atoms with Gasteiger partial charge in [0.25, 0.3) is 0 Å². The van der Waals surface area contributed by atoms with Crippen LogP contribution in [0, 0.1) is 0 Å². The Balaban J connectivity index is 1.86. The van der Waals surface area contributed by atoms with Crippen LogP contribution in [0.2, 0.25) is 5.02 Å². The van der Waals surface area contributed by atoms with E-state index in [1.807, 2.05) is 42.5 Å². The van der Waals surface area contributed by atoms with Crippen molar-refractivity contribution in [2.45, 2.75) is 38.1 Å². The molecular weight excluding hydrogens is 440 g/mol. The van der Waals surface area contributed by atoms with Gasteiger partial charge < -0.3 is 19.5 Å². The summed E-state index contributed by atoms with van der Waals surface area (Å²) >= 11 is 6.10. The summed E-state index contributed by atoms with van der Waals surface area (Å²) in [6.07, 6.45) is 1.41. The molecule has 3 rings (SSSR count). The van der Waals surface area contributed by atoms with Gasteiger partial charge in [0.15, 0.2) is 11.5 Å². The van der Waals surface area contributed by atoms with Gasteiger partial charge in [-0.15, -0.1) is 0 Å². The summed E-state index contributed by atoms with van der Waals surface area (Å²) in [4.78, 5) is 16.0. The highest BCUT2D eigenvalue weighted by atomic mass is 35.5. The molecule has 7 heteroatoms. The van der Waals surface area contributed by atoms with Crippen LogP contribution in [0.4, 0.5) is 0 Å². The molecule has 33 heavy (non-hydrogen) atoms. The minimum atomic E-state index is -0.599. The van der Waals surface area contributed by atoms with Gasteiger partial charge in [-0.1, -0.05) is 43.6 Å². The molecule has 2 aromatic rings. The van der Waals surface area contributed by atoms with E-state index < -0.39 is 5.41 Å². The van der Waals surface area contributed by atoms with Crippen LogP contribution in [-0.2, 0) is 14.9 Å². The molecule has 2 aromatic carbocycles. The number of nitrogens with one attached hydrogen (secondary N) is 1. The van der Waals surface area contributed by atoms with Crippen LogP contribution < -0.4 is 14.8 Å². The third kappa shape index (κ3) is 5.62. The maximum atomic E-state index is 13.6. The van der Waals surface area contributed by atoms with Gasteiger partial charge in [0.1, 0.15) is 0 Å². The third-order valence-corrected chi connectivity index (χ3v) is 7.03. The molecule has 1 atom stereocenters. The molecule has 1 aliphatic heterocycles. The lowest BCUT2D eigenvalue weighted by Crippen LogP contribution is -2.48. The van der Waals surface area contributed by atoms with E-state index in [0.29, 0.717) is 49.1 Å². The van der Waals surface area contributed by atoms with E-state index >= 15 is 0 Å². The molecule has 1 aliphatic rings. The number of hydrogen-bond acceptors (Lipinski definition) is 5. The normalized spacial score (nSPS) is 15.7. The number of carbonyl (C=O) groups is 1. The second kappa shape index (κ2) is 11.7. The average molecular weight is 475 g/mol. The van der Waals surface area contributed by atoms with Crippen LogP contribution in [0.25, 0.3) is 0 Å². The van der Waals surface area contributed by atoms with Gasteiger partial charge in [0, 0.05) is 24.7 Å². The van der Waals surface area contributed by atoms with Gasteiger partial charge in [0.2, 0.25) is 5.91 Å². The minimum Gasteiger partial charge on any atom is -0.493 e. The fourth-order valence-corrected chi connectivity index (χ4v) is 4.77. The smallest absolute Gasteiger partial charge is 0.230 e. The van der Waals surface area contributed by atoms with Gasteiger partial charge in [-0.2, -0.15) is 0 Å². The van der Waals surface area contributed by atoms with Gasteiger partial charge in [-0.05, 0) is 48.2 Å². The van der Waals surface area contributed by atoms with Gasteiger partial charge in [-0.25, -0.2) is 0 Å². The van der Waals surface area contributed by atoms with Crippen LogP contribution >= 0.6 is 11.6 Å². The Labute approximate surface area is 202 Å². The van der Waals surface area contributed by atoms with Crippen molar-refractivity contribution in [2.75, 3.05) is 47.1 Å². The van der Waals surface area contributed by atoms with Crippen molar-refractivity contribution in [3.63, 3.8) is 0 Å². The number of methoxy groups -OCH3 is 2. The van der Waals surface area contributed by atoms with Crippen LogP contribution in [0.15, 0.2) is 42.5 Å². The van der Waals surface area contributed by atoms with E-state index in [4.69, 9.17) is 25.8 Å². The molecule has 6 nitrogen and oxygen atoms in total. The van der Waals surface area contributed by atoms with Gasteiger partial charge >= 0.3 is 0 Å². The Morgan fingerprint density at radius 1 is 1.06 bits per heavy atom. The minimum absolute atomic E-state index is 0.00529. The molecule has 0 radical (unpaired) electrons. The predicted octanol–water partition coefficient (Wildman–Crippen LogP) is 4.60. The fraction of sp³-hybridized carbons (Fsp3) is 0.500. The van der Waals surface area contributed by atoms with Crippen molar-refractivity contribution >= 4 is 17.5 Å². The van der Waals surface area contributed by atoms with E-state index in [1.165, 1.54) is 0 Å². The molecule has 1 heterocycles. The first-order chi connectivity index (χ1) is 16.0. The molecule has 0 bridgehead atoms. The topological polar surface area (TPSA) is 60.0 Å². The van der Waals surface area contributed by atoms with E-state index in [-0.39, 0.29) is 11.9 Å². The highest BCUT2D eigenvalue weighted by molar-refractivity contribution is 6.30. The Morgan fingerprint density at radius 2 is 1.70 bits per heavy atom. The molecular formula is C26H35ClN2O4. The zero-order chi connectivity index (χ0) is 23.8. The van der Waals surface area contributed by atoms with Crippen molar-refractivity contribution in [1.82, 2.24) is 10.2 Å². The van der Waals surface area contributed by atoms with Crippen LogP contribution in [0.1, 0.15) is 43.9 Å². The first kappa shape index (κ1) is 25.3. The summed E-state index contributed by atoms with van der Waals surface area (Å²) in [5, 5.41) is 3.94. The lowest BCUT2D eigenvalue weighted by atomic mass is 9.75. The third-order valence-electron chi connectivity index (χ3n) is 6.77. The summed E-state index contributed by atoms with van der Waals surface area (Å²) in [7, 11) is 3.26. The molecule has 1 saturated heterocycles. The number of ether oxygens (including phenoxy) is 3. The molecule has 0 aromatic heterocycles. The quantitative estimate of drug-likeness (QED) is 0.545. The number of halogens is 1. The maximum absolute atomic E-state index is 13.6. The number of rotatable bonds is 10. The number of morpholine rings is 1. The van der Waals surface area contributed by atoms with E-state index in [9.17, 15) is 4.79 Å². The standard InChI is InChI=1S/C26H35ClN2O4/c1-5-26(6-2,20-8-10-21(27)11-9-20)25(30)28-18-22(29-13-15-33-16-14-29)19-7-12-23(31-3)24(17-19)32-4/h7-12,17,22H,5-6,13-16,18H2,1-4H3,(H,28,30). The van der Waals surface area contributed by atoms with Gasteiger partial charge in [-0.3, -0.25) is 9.69 Å². The van der Waals surface area contributed by atoms with Crippen LogP contribution in [0.3, 0.4) is 0 Å². The highest BCUT2D eigenvalue weighted by Crippen LogP contribution is 2.35. The summed E-state index contributed by atoms with van der Waals surface area (Å²) in [6, 6.07) is 13.6. The van der Waals surface area contributed by atoms with Crippen LogP contribution in [-0.4, -0.2) is 57.9 Å². The molecule has 1 unspecified atom stereocenters. The van der Waals surface area contributed by atoms with Crippen molar-refractivity contribution in [3.8, 4) is 11.5 Å². The highest BCUT2D eigenvalue weighted by Gasteiger charge is 2.37. The Morgan fingerprint density at radius 3 is 2.27 bits per heavy atom. The van der Waals surface area contributed by atoms with Gasteiger partial charge in [0.05, 0.1) is 38.9 Å². The summed E-state index contributed by atoms with van der Waals surface area (Å²) < 4.78 is 16.5. The van der Waals surface area contributed by atoms with E-state index in [1.54, 1.807) is 14.2 Å². The molecule has 0 saturated carbocycles. The largest absolute Gasteiger partial charge is 0.493 e. The SMILES string of the molecule is CCC(CC)(C(=O)NCC(c1ccc(OC)c(OC)c1)N1CCOCC1)c1ccc(Cl)cc1. The fourth-order valence-electron chi connectivity index (χ4n) is 4.64. The molecule has 180 valence electrons. The Hall–Kier alpha value is -2.28. The number of nitrogens with zero attached hydrogens (tertiary/aromatic N) is 1. The Kier molecular flexibility index (Phi) is 9.01. The summed E-state index contributed by atoms with van der Waals surface area (Å²) in [6.45, 7) is 7.57. The second-order valence-corrected chi connectivity index (χ2v) is 8.72. The molecule has 0 spiro atoms. The molecule has 1 fully saturated rings. The van der Waals surface area contributed by atoms with Crippen molar-refractivity contribution in [1.29, 1.82) is 0 Å². The lowest BCUT2D eigenvalue weighted by molar-refractivity contribution is -0.127. The first-order valence-corrected chi connectivity index (χ1v) is 11.9. The maximum Gasteiger partial charge on any atom is 0.230 e. The van der Waals surface area contributed by atoms with Crippen molar-refractivity contribution in [3.05, 3.63) is 58.6 Å². The lowest BCUT2D eigenvalue weighted by Gasteiger charge is -2.37. The number of benzene rings is 2. The monoisotopic (exact) mass is 474 g/mol. The zero-order valence-electron chi connectivity index (χ0n) is 20.0. The zero-order valence-corrected chi connectivity index (χ0v) is 20.8. The average Bonchev–Trinajstić information content (AvgIpc) is 2.86. The number of amides is 1. The van der Waals surface area contributed by atoms with Crippen molar-refractivity contribution in [2.24, 2.45) is 0 Å².